The van der Waals surface area contributed by atoms with Gasteiger partial charge in [-0.2, -0.15) is 0 Å². The molecule has 1 fully saturated rings. The van der Waals surface area contributed by atoms with Crippen LogP contribution in [0, 0.1) is 0 Å². The van der Waals surface area contributed by atoms with Crippen molar-refractivity contribution in [3.8, 4) is 0 Å². The van der Waals surface area contributed by atoms with Gasteiger partial charge in [-0.1, -0.05) is 19.8 Å². The Kier molecular flexibility index (Phi) is 4.95. The quantitative estimate of drug-likeness (QED) is 0.655. The molecule has 1 aliphatic carbocycles. The van der Waals surface area contributed by atoms with Crippen molar-refractivity contribution in [1.82, 2.24) is 10.6 Å². The largest absolute Gasteiger partial charge is 0.394 e. The molecule has 0 atom stereocenters. The molecule has 0 aromatic heterocycles. The molecule has 1 saturated carbocycles. The Labute approximate surface area is 104 Å². The Bertz CT molecular complexity index is 258. The van der Waals surface area contributed by atoms with E-state index in [1.54, 1.807) is 0 Å². The molecule has 1 rings (SSSR count). The third kappa shape index (κ3) is 4.28. The van der Waals surface area contributed by atoms with E-state index < -0.39 is 0 Å². The second-order valence-electron chi connectivity index (χ2n) is 5.78. The minimum atomic E-state index is -0.215. The Balaban J connectivity index is 2.37. The molecule has 1 aliphatic rings. The molecule has 4 heteroatoms. The zero-order valence-corrected chi connectivity index (χ0v) is 11.3. The molecule has 0 heterocycles. The van der Waals surface area contributed by atoms with Gasteiger partial charge < -0.3 is 15.7 Å². The van der Waals surface area contributed by atoms with Gasteiger partial charge in [-0.15, -0.1) is 0 Å². The molecule has 4 nitrogen and oxygen atoms in total. The fourth-order valence-electron chi connectivity index (χ4n) is 2.22. The zero-order valence-electron chi connectivity index (χ0n) is 11.3. The molecule has 0 radical (unpaired) electrons. The molecule has 0 aromatic carbocycles. The van der Waals surface area contributed by atoms with Gasteiger partial charge in [0.2, 0.25) is 5.91 Å². The van der Waals surface area contributed by atoms with Crippen LogP contribution in [0.2, 0.25) is 0 Å². The van der Waals surface area contributed by atoms with Crippen LogP contribution in [0.3, 0.4) is 0 Å². The minimum Gasteiger partial charge on any atom is -0.394 e. The van der Waals surface area contributed by atoms with Gasteiger partial charge in [0.15, 0.2) is 0 Å². The SMILES string of the molecule is CCC(C)(C)NC(=O)CNC1(CO)CCCC1. The zero-order chi connectivity index (χ0) is 12.9. The van der Waals surface area contributed by atoms with Crippen LogP contribution in [0.25, 0.3) is 0 Å². The van der Waals surface area contributed by atoms with Crippen molar-refractivity contribution in [2.45, 2.75) is 64.0 Å². The highest BCUT2D eigenvalue weighted by atomic mass is 16.3. The van der Waals surface area contributed by atoms with Crippen LogP contribution in [0.1, 0.15) is 52.9 Å². The lowest BCUT2D eigenvalue weighted by Crippen LogP contribution is -2.53. The van der Waals surface area contributed by atoms with E-state index in [1.165, 1.54) is 0 Å². The third-order valence-corrected chi connectivity index (χ3v) is 3.85. The molecular weight excluding hydrogens is 216 g/mol. The predicted molar refractivity (Wildman–Crippen MR) is 68.8 cm³/mol. The van der Waals surface area contributed by atoms with Crippen molar-refractivity contribution in [3.63, 3.8) is 0 Å². The number of carbonyl (C=O) groups is 1. The summed E-state index contributed by atoms with van der Waals surface area (Å²) in [5.41, 5.74) is -0.367. The van der Waals surface area contributed by atoms with Crippen molar-refractivity contribution in [1.29, 1.82) is 0 Å². The second kappa shape index (κ2) is 5.83. The average Bonchev–Trinajstić information content (AvgIpc) is 2.75. The van der Waals surface area contributed by atoms with E-state index in [4.69, 9.17) is 0 Å². The van der Waals surface area contributed by atoms with E-state index in [9.17, 15) is 9.90 Å². The minimum absolute atomic E-state index is 0.0107. The molecule has 0 spiro atoms. The van der Waals surface area contributed by atoms with Gasteiger partial charge in [-0.25, -0.2) is 0 Å². The van der Waals surface area contributed by atoms with Crippen LogP contribution < -0.4 is 10.6 Å². The van der Waals surface area contributed by atoms with E-state index in [1.807, 2.05) is 13.8 Å². The maximum absolute atomic E-state index is 11.8. The van der Waals surface area contributed by atoms with Gasteiger partial charge in [0.25, 0.3) is 0 Å². The molecule has 0 aromatic rings. The summed E-state index contributed by atoms with van der Waals surface area (Å²) in [4.78, 5) is 11.8. The highest BCUT2D eigenvalue weighted by Crippen LogP contribution is 2.28. The maximum Gasteiger partial charge on any atom is 0.234 e. The van der Waals surface area contributed by atoms with E-state index in [-0.39, 0.29) is 23.6 Å². The summed E-state index contributed by atoms with van der Waals surface area (Å²) in [5.74, 6) is 0.0107. The number of rotatable bonds is 6. The first-order chi connectivity index (χ1) is 7.93. The first-order valence-electron chi connectivity index (χ1n) is 6.60. The lowest BCUT2D eigenvalue weighted by atomic mass is 9.98. The number of nitrogens with one attached hydrogen (secondary N) is 2. The molecular formula is C13H26N2O2. The van der Waals surface area contributed by atoms with E-state index in [2.05, 4.69) is 17.6 Å². The summed E-state index contributed by atoms with van der Waals surface area (Å²) in [6.07, 6.45) is 5.11. The summed E-state index contributed by atoms with van der Waals surface area (Å²) >= 11 is 0. The van der Waals surface area contributed by atoms with Crippen LogP contribution in [-0.2, 0) is 4.79 Å². The first-order valence-corrected chi connectivity index (χ1v) is 6.60. The third-order valence-electron chi connectivity index (χ3n) is 3.85. The smallest absolute Gasteiger partial charge is 0.234 e. The van der Waals surface area contributed by atoms with E-state index >= 15 is 0 Å². The van der Waals surface area contributed by atoms with Crippen LogP contribution in [0.4, 0.5) is 0 Å². The Morgan fingerprint density at radius 3 is 2.41 bits per heavy atom. The van der Waals surface area contributed by atoms with Crippen molar-refractivity contribution < 1.29 is 9.90 Å². The van der Waals surface area contributed by atoms with Gasteiger partial charge in [0.1, 0.15) is 0 Å². The van der Waals surface area contributed by atoms with Crippen molar-refractivity contribution in [3.05, 3.63) is 0 Å². The van der Waals surface area contributed by atoms with Crippen LogP contribution in [0.15, 0.2) is 0 Å². The number of hydrogen-bond donors (Lipinski definition) is 3. The summed E-state index contributed by atoms with van der Waals surface area (Å²) in [6, 6.07) is 0. The number of carbonyl (C=O) groups excluding carboxylic acids is 1. The van der Waals surface area contributed by atoms with Crippen molar-refractivity contribution >= 4 is 5.91 Å². The molecule has 17 heavy (non-hydrogen) atoms. The standard InChI is InChI=1S/C13H26N2O2/c1-4-12(2,3)15-11(17)9-14-13(10-16)7-5-6-8-13/h14,16H,4-10H2,1-3H3,(H,15,17). The Hall–Kier alpha value is -0.610. The molecule has 0 aliphatic heterocycles. The maximum atomic E-state index is 11.8. The fraction of sp³-hybridized carbons (Fsp3) is 0.923. The molecule has 0 bridgehead atoms. The van der Waals surface area contributed by atoms with Crippen molar-refractivity contribution in [2.75, 3.05) is 13.2 Å². The summed E-state index contributed by atoms with van der Waals surface area (Å²) < 4.78 is 0. The number of aliphatic hydroxyl groups is 1. The molecule has 1 amide bonds. The van der Waals surface area contributed by atoms with Gasteiger partial charge in [-0.3, -0.25) is 4.79 Å². The molecule has 0 unspecified atom stereocenters. The Morgan fingerprint density at radius 2 is 1.94 bits per heavy atom. The van der Waals surface area contributed by atoms with Crippen molar-refractivity contribution in [2.24, 2.45) is 0 Å². The highest BCUT2D eigenvalue weighted by Gasteiger charge is 2.33. The van der Waals surface area contributed by atoms with Gasteiger partial charge in [0, 0.05) is 11.1 Å². The Morgan fingerprint density at radius 1 is 1.35 bits per heavy atom. The van der Waals surface area contributed by atoms with Gasteiger partial charge in [-0.05, 0) is 33.1 Å². The van der Waals surface area contributed by atoms with Crippen LogP contribution in [0.5, 0.6) is 0 Å². The van der Waals surface area contributed by atoms with Gasteiger partial charge >= 0.3 is 0 Å². The van der Waals surface area contributed by atoms with Gasteiger partial charge in [0.05, 0.1) is 13.2 Å². The first kappa shape index (κ1) is 14.5. The number of amides is 1. The highest BCUT2D eigenvalue weighted by molar-refractivity contribution is 5.78. The van der Waals surface area contributed by atoms with Crippen LogP contribution >= 0.6 is 0 Å². The molecule has 100 valence electrons. The number of hydrogen-bond acceptors (Lipinski definition) is 3. The fourth-order valence-corrected chi connectivity index (χ4v) is 2.22. The van der Waals surface area contributed by atoms with E-state index in [0.29, 0.717) is 6.54 Å². The average molecular weight is 242 g/mol. The summed E-state index contributed by atoms with van der Waals surface area (Å²) in [7, 11) is 0. The predicted octanol–water partition coefficient (Wildman–Crippen LogP) is 1.19. The normalized spacial score (nSPS) is 19.3. The van der Waals surface area contributed by atoms with E-state index in [0.717, 1.165) is 32.1 Å². The summed E-state index contributed by atoms with van der Waals surface area (Å²) in [6.45, 7) is 6.51. The van der Waals surface area contributed by atoms with Crippen LogP contribution in [-0.4, -0.2) is 35.2 Å². The molecule has 3 N–H and O–H groups in total. The lowest BCUT2D eigenvalue weighted by molar-refractivity contribution is -0.122. The monoisotopic (exact) mass is 242 g/mol. The lowest BCUT2D eigenvalue weighted by Gasteiger charge is -2.29. The topological polar surface area (TPSA) is 61.4 Å². The molecule has 0 saturated heterocycles. The summed E-state index contributed by atoms with van der Waals surface area (Å²) in [5, 5.41) is 15.6. The second-order valence-corrected chi connectivity index (χ2v) is 5.78. The number of aliphatic hydroxyl groups excluding tert-OH is 1.